The van der Waals surface area contributed by atoms with Gasteiger partial charge in [-0.25, -0.2) is 4.90 Å². The maximum atomic E-state index is 13.5. The number of anilines is 2. The van der Waals surface area contributed by atoms with E-state index in [-0.39, 0.29) is 5.70 Å². The second kappa shape index (κ2) is 8.75. The molecule has 0 fully saturated rings. The summed E-state index contributed by atoms with van der Waals surface area (Å²) in [7, 11) is 1.51. The van der Waals surface area contributed by atoms with E-state index < -0.39 is 11.8 Å². The molecule has 3 aromatic rings. The third kappa shape index (κ3) is 3.75. The lowest BCUT2D eigenvalue weighted by Crippen LogP contribution is -2.32. The molecule has 0 saturated carbocycles. The van der Waals surface area contributed by atoms with Crippen molar-refractivity contribution in [1.29, 1.82) is 0 Å². The van der Waals surface area contributed by atoms with E-state index in [9.17, 15) is 9.59 Å². The molecule has 3 aromatic carbocycles. The van der Waals surface area contributed by atoms with Gasteiger partial charge in [-0.2, -0.15) is 0 Å². The van der Waals surface area contributed by atoms with Gasteiger partial charge in [0.25, 0.3) is 11.8 Å². The highest BCUT2D eigenvalue weighted by molar-refractivity contribution is 6.46. The van der Waals surface area contributed by atoms with Crippen molar-refractivity contribution >= 4 is 28.8 Å². The van der Waals surface area contributed by atoms with Crippen molar-refractivity contribution in [2.24, 2.45) is 0 Å². The number of imide groups is 1. The molecular weight excluding hydrogens is 392 g/mol. The van der Waals surface area contributed by atoms with Crippen molar-refractivity contribution in [3.8, 4) is 11.5 Å². The minimum absolute atomic E-state index is 0.189. The van der Waals surface area contributed by atoms with Crippen molar-refractivity contribution in [2.45, 2.75) is 6.92 Å². The van der Waals surface area contributed by atoms with E-state index in [0.29, 0.717) is 40.6 Å². The zero-order chi connectivity index (χ0) is 21.8. The molecular formula is C25H22N2O4. The average Bonchev–Trinajstić information content (AvgIpc) is 3.05. The monoisotopic (exact) mass is 414 g/mol. The number of nitrogens with zero attached hydrogens (tertiary/aromatic N) is 1. The van der Waals surface area contributed by atoms with E-state index >= 15 is 0 Å². The summed E-state index contributed by atoms with van der Waals surface area (Å²) < 4.78 is 11.1. The van der Waals surface area contributed by atoms with Crippen LogP contribution in [0.1, 0.15) is 12.5 Å². The van der Waals surface area contributed by atoms with Crippen LogP contribution in [-0.2, 0) is 9.59 Å². The van der Waals surface area contributed by atoms with E-state index in [2.05, 4.69) is 5.32 Å². The van der Waals surface area contributed by atoms with Gasteiger partial charge in [-0.15, -0.1) is 0 Å². The van der Waals surface area contributed by atoms with Crippen molar-refractivity contribution in [1.82, 2.24) is 0 Å². The largest absolute Gasteiger partial charge is 0.495 e. The van der Waals surface area contributed by atoms with Gasteiger partial charge in [0.05, 0.1) is 30.7 Å². The Bertz CT molecular complexity index is 1150. The molecule has 6 heteroatoms. The quantitative estimate of drug-likeness (QED) is 0.577. The molecule has 0 aromatic heterocycles. The predicted octanol–water partition coefficient (Wildman–Crippen LogP) is 4.49. The zero-order valence-corrected chi connectivity index (χ0v) is 17.3. The van der Waals surface area contributed by atoms with Gasteiger partial charge in [-0.1, -0.05) is 54.6 Å². The number of carbonyl (C=O) groups excluding carboxylic acids is 2. The van der Waals surface area contributed by atoms with Crippen molar-refractivity contribution < 1.29 is 19.1 Å². The summed E-state index contributed by atoms with van der Waals surface area (Å²) in [4.78, 5) is 28.2. The number of hydrogen-bond donors (Lipinski definition) is 1. The summed E-state index contributed by atoms with van der Waals surface area (Å²) in [6, 6.07) is 23.4. The molecule has 31 heavy (non-hydrogen) atoms. The van der Waals surface area contributed by atoms with E-state index in [4.69, 9.17) is 9.47 Å². The number of rotatable bonds is 7. The molecule has 4 rings (SSSR count). The maximum Gasteiger partial charge on any atom is 0.282 e. The summed E-state index contributed by atoms with van der Waals surface area (Å²) >= 11 is 0. The number of methoxy groups -OCH3 is 1. The van der Waals surface area contributed by atoms with Crippen LogP contribution in [0.4, 0.5) is 11.4 Å². The number of ether oxygens (including phenoxy) is 2. The highest BCUT2D eigenvalue weighted by Crippen LogP contribution is 2.38. The molecule has 0 saturated heterocycles. The second-order valence-electron chi connectivity index (χ2n) is 6.79. The fourth-order valence-electron chi connectivity index (χ4n) is 3.54. The normalized spacial score (nSPS) is 13.5. The molecule has 1 heterocycles. The maximum absolute atomic E-state index is 13.5. The van der Waals surface area contributed by atoms with Crippen LogP contribution in [0.5, 0.6) is 11.5 Å². The third-order valence-corrected chi connectivity index (χ3v) is 4.92. The minimum atomic E-state index is -0.459. The molecule has 0 unspecified atom stereocenters. The Morgan fingerprint density at radius 2 is 1.45 bits per heavy atom. The number of amides is 2. The Labute approximate surface area is 180 Å². The van der Waals surface area contributed by atoms with Gasteiger partial charge in [0.15, 0.2) is 0 Å². The van der Waals surface area contributed by atoms with Crippen LogP contribution < -0.4 is 19.7 Å². The molecule has 0 spiro atoms. The van der Waals surface area contributed by atoms with Crippen molar-refractivity contribution in [3.63, 3.8) is 0 Å². The number of hydrogen-bond acceptors (Lipinski definition) is 5. The lowest BCUT2D eigenvalue weighted by molar-refractivity contribution is -0.120. The molecule has 1 aliphatic rings. The summed E-state index contributed by atoms with van der Waals surface area (Å²) in [5.41, 5.74) is 2.13. The summed E-state index contributed by atoms with van der Waals surface area (Å²) in [6.45, 7) is 2.36. The van der Waals surface area contributed by atoms with Gasteiger partial charge in [-0.3, -0.25) is 9.59 Å². The molecule has 2 amide bonds. The summed E-state index contributed by atoms with van der Waals surface area (Å²) in [5.74, 6) is 0.158. The van der Waals surface area contributed by atoms with E-state index in [1.807, 2.05) is 61.5 Å². The molecule has 0 aliphatic carbocycles. The van der Waals surface area contributed by atoms with Crippen LogP contribution in [0.25, 0.3) is 5.57 Å². The molecule has 1 N–H and O–H groups in total. The molecule has 1 aliphatic heterocycles. The molecule has 0 bridgehead atoms. The lowest BCUT2D eigenvalue weighted by atomic mass is 10.0. The van der Waals surface area contributed by atoms with E-state index in [1.165, 1.54) is 7.11 Å². The fraction of sp³-hybridized carbons (Fsp3) is 0.120. The smallest absolute Gasteiger partial charge is 0.282 e. The molecule has 0 radical (unpaired) electrons. The van der Waals surface area contributed by atoms with Crippen molar-refractivity contribution in [3.05, 3.63) is 90.1 Å². The van der Waals surface area contributed by atoms with Gasteiger partial charge in [0, 0.05) is 0 Å². The molecule has 0 atom stereocenters. The molecule has 156 valence electrons. The fourth-order valence-corrected chi connectivity index (χ4v) is 3.54. The lowest BCUT2D eigenvalue weighted by Gasteiger charge is -2.18. The first-order valence-corrected chi connectivity index (χ1v) is 9.96. The topological polar surface area (TPSA) is 67.9 Å². The van der Waals surface area contributed by atoms with Gasteiger partial charge in [-0.05, 0) is 36.8 Å². The minimum Gasteiger partial charge on any atom is -0.495 e. The first-order valence-electron chi connectivity index (χ1n) is 9.96. The standard InChI is InChI=1S/C25H22N2O4/c1-3-31-20-15-9-7-13-18(20)26-23-22(17-11-5-4-6-12-17)24(28)27(25(23)29)19-14-8-10-16-21(19)30-2/h4-16,26H,3H2,1-2H3. The first-order chi connectivity index (χ1) is 15.2. The Morgan fingerprint density at radius 3 is 2.16 bits per heavy atom. The number of para-hydroxylation sites is 4. The van der Waals surface area contributed by atoms with Crippen LogP contribution in [0.2, 0.25) is 0 Å². The number of nitrogens with one attached hydrogen (secondary N) is 1. The highest BCUT2D eigenvalue weighted by Gasteiger charge is 2.41. The van der Waals surface area contributed by atoms with E-state index in [1.54, 1.807) is 24.3 Å². The SMILES string of the molecule is CCOc1ccccc1NC1=C(c2ccccc2)C(=O)N(c2ccccc2OC)C1=O. The van der Waals surface area contributed by atoms with Crippen LogP contribution >= 0.6 is 0 Å². The first kappa shape index (κ1) is 20.2. The summed E-state index contributed by atoms with van der Waals surface area (Å²) in [5, 5.41) is 3.16. The average molecular weight is 414 g/mol. The van der Waals surface area contributed by atoms with Crippen LogP contribution in [0.15, 0.2) is 84.6 Å². The van der Waals surface area contributed by atoms with E-state index in [0.717, 1.165) is 4.90 Å². The summed E-state index contributed by atoms with van der Waals surface area (Å²) in [6.07, 6.45) is 0. The predicted molar refractivity (Wildman–Crippen MR) is 120 cm³/mol. The Morgan fingerprint density at radius 1 is 0.806 bits per heavy atom. The van der Waals surface area contributed by atoms with Gasteiger partial charge in [0.1, 0.15) is 17.2 Å². The Hall–Kier alpha value is -4.06. The van der Waals surface area contributed by atoms with Crippen molar-refractivity contribution in [2.75, 3.05) is 23.9 Å². The highest BCUT2D eigenvalue weighted by atomic mass is 16.5. The van der Waals surface area contributed by atoms with Crippen LogP contribution in [-0.4, -0.2) is 25.5 Å². The van der Waals surface area contributed by atoms with Crippen LogP contribution in [0, 0.1) is 0 Å². The number of benzene rings is 3. The third-order valence-electron chi connectivity index (χ3n) is 4.92. The number of carbonyl (C=O) groups is 2. The second-order valence-corrected chi connectivity index (χ2v) is 6.79. The Balaban J connectivity index is 1.84. The molecule has 6 nitrogen and oxygen atoms in total. The Kier molecular flexibility index (Phi) is 5.71. The zero-order valence-electron chi connectivity index (χ0n) is 17.3. The van der Waals surface area contributed by atoms with Crippen LogP contribution in [0.3, 0.4) is 0 Å². The van der Waals surface area contributed by atoms with Gasteiger partial charge < -0.3 is 14.8 Å². The van der Waals surface area contributed by atoms with Gasteiger partial charge in [0.2, 0.25) is 0 Å². The van der Waals surface area contributed by atoms with Gasteiger partial charge >= 0.3 is 0 Å².